The molecule has 2 aromatic carbocycles. The van der Waals surface area contributed by atoms with E-state index in [0.29, 0.717) is 31.2 Å². The van der Waals surface area contributed by atoms with Gasteiger partial charge in [0.1, 0.15) is 18.5 Å². The molecule has 3 saturated heterocycles. The molecule has 3 aliphatic rings. The summed E-state index contributed by atoms with van der Waals surface area (Å²) in [7, 11) is 0. The van der Waals surface area contributed by atoms with E-state index in [1.165, 1.54) is 23.3 Å². The fraction of sp³-hybridized carbons (Fsp3) is 0.400. The van der Waals surface area contributed by atoms with Crippen molar-refractivity contribution in [1.82, 2.24) is 24.8 Å². The van der Waals surface area contributed by atoms with Crippen LogP contribution in [0.4, 0.5) is 10.2 Å². The molecule has 7 rings (SSSR count). The summed E-state index contributed by atoms with van der Waals surface area (Å²) < 4.78 is 20.3. The third-order valence-corrected chi connectivity index (χ3v) is 9.77. The maximum absolute atomic E-state index is 13.9. The van der Waals surface area contributed by atoms with Crippen LogP contribution >= 0.6 is 0 Å². The number of ether oxygens (including phenoxy) is 1. The van der Waals surface area contributed by atoms with E-state index in [1.54, 1.807) is 0 Å². The van der Waals surface area contributed by atoms with Crippen LogP contribution in [0.2, 0.25) is 0 Å². The Balaban J connectivity index is 1.30. The van der Waals surface area contributed by atoms with Crippen molar-refractivity contribution >= 4 is 33.5 Å². The summed E-state index contributed by atoms with van der Waals surface area (Å²) in [5.41, 5.74) is 3.54. The minimum absolute atomic E-state index is 0.0235. The monoisotopic (exact) mass is 605 g/mol. The standard InChI is InChI=1S/C35H36FN7O2/c1-23-8-4-9-25-10-5-11-27(30(23)25)29-13-12-28-31(38-29)39-34(45-22-35-14-6-16-42(35)17-7-15-35)40-32(28)41-18-19-43(33(44)24(2)36)26(21-41)20-37-3/h4-5,8-13,26H,2,6-7,14-22H2,1H3/t26-/m0/s1. The first-order valence-electron chi connectivity index (χ1n) is 15.7. The van der Waals surface area contributed by atoms with E-state index in [0.717, 1.165) is 53.3 Å². The maximum Gasteiger partial charge on any atom is 0.320 e. The zero-order chi connectivity index (χ0) is 31.1. The molecule has 45 heavy (non-hydrogen) atoms. The fourth-order valence-corrected chi connectivity index (χ4v) is 7.56. The Bertz CT molecular complexity index is 1840. The smallest absolute Gasteiger partial charge is 0.320 e. The summed E-state index contributed by atoms with van der Waals surface area (Å²) in [5.74, 6) is -1.15. The molecule has 0 bridgehead atoms. The van der Waals surface area contributed by atoms with Crippen molar-refractivity contribution in [2.75, 3.05) is 50.8 Å². The molecule has 3 aliphatic heterocycles. The topological polar surface area (TPSA) is 79.1 Å². The molecule has 230 valence electrons. The molecular weight excluding hydrogens is 569 g/mol. The van der Waals surface area contributed by atoms with E-state index >= 15 is 0 Å². The van der Waals surface area contributed by atoms with Crippen LogP contribution in [0.1, 0.15) is 31.2 Å². The van der Waals surface area contributed by atoms with Crippen LogP contribution in [-0.2, 0) is 4.79 Å². The third kappa shape index (κ3) is 5.25. The average molecular weight is 606 g/mol. The third-order valence-electron chi connectivity index (χ3n) is 9.77. The molecular formula is C35H36FN7O2. The molecule has 0 aliphatic carbocycles. The highest BCUT2D eigenvalue weighted by molar-refractivity contribution is 5.99. The number of rotatable bonds is 7. The number of aryl methyl sites for hydroxylation is 1. The average Bonchev–Trinajstić information content (AvgIpc) is 3.63. The van der Waals surface area contributed by atoms with Gasteiger partial charge in [-0.2, -0.15) is 9.97 Å². The molecule has 1 amide bonds. The number of aromatic nitrogens is 3. The predicted octanol–water partition coefficient (Wildman–Crippen LogP) is 5.58. The van der Waals surface area contributed by atoms with Gasteiger partial charge >= 0.3 is 6.01 Å². The van der Waals surface area contributed by atoms with Crippen molar-refractivity contribution in [2.45, 2.75) is 44.2 Å². The van der Waals surface area contributed by atoms with E-state index in [1.807, 2.05) is 23.1 Å². The molecule has 9 nitrogen and oxygen atoms in total. The number of carbonyl (C=O) groups excluding carboxylic acids is 1. The Kier molecular flexibility index (Phi) is 7.58. The van der Waals surface area contributed by atoms with Gasteiger partial charge in [-0.05, 0) is 74.2 Å². The molecule has 10 heteroatoms. The predicted molar refractivity (Wildman–Crippen MR) is 173 cm³/mol. The van der Waals surface area contributed by atoms with Crippen LogP contribution in [0.3, 0.4) is 0 Å². The normalized spacial score (nSPS) is 19.5. The number of fused-ring (bicyclic) bond motifs is 3. The first-order valence-corrected chi connectivity index (χ1v) is 15.7. The van der Waals surface area contributed by atoms with E-state index in [2.05, 4.69) is 53.6 Å². The second kappa shape index (κ2) is 11.7. The van der Waals surface area contributed by atoms with Crippen LogP contribution < -0.4 is 9.64 Å². The van der Waals surface area contributed by atoms with Gasteiger partial charge in [-0.1, -0.05) is 43.0 Å². The lowest BCUT2D eigenvalue weighted by molar-refractivity contribution is -0.131. The van der Waals surface area contributed by atoms with Gasteiger partial charge in [-0.3, -0.25) is 9.69 Å². The van der Waals surface area contributed by atoms with Crippen LogP contribution in [0, 0.1) is 13.5 Å². The molecule has 3 fully saturated rings. The maximum atomic E-state index is 13.9. The molecule has 2 aromatic heterocycles. The second-order valence-electron chi connectivity index (χ2n) is 12.4. The lowest BCUT2D eigenvalue weighted by atomic mass is 9.95. The molecule has 0 radical (unpaired) electrons. The minimum Gasteiger partial charge on any atom is -0.461 e. The molecule has 0 unspecified atom stereocenters. The SMILES string of the molecule is [C-]#[N+]C[C@H]1CN(c2nc(OCC34CCCN3CCC4)nc3nc(-c4cccc5cccc(C)c45)ccc23)CCN1C(=O)C(=C)F. The molecule has 5 heterocycles. The Hall–Kier alpha value is -4.62. The zero-order valence-electron chi connectivity index (χ0n) is 25.5. The van der Waals surface area contributed by atoms with Crippen molar-refractivity contribution in [1.29, 1.82) is 0 Å². The van der Waals surface area contributed by atoms with E-state index in [4.69, 9.17) is 26.3 Å². The number of nitrogens with zero attached hydrogens (tertiary/aromatic N) is 7. The fourth-order valence-electron chi connectivity index (χ4n) is 7.56. The van der Waals surface area contributed by atoms with Crippen molar-refractivity contribution in [3.8, 4) is 17.3 Å². The highest BCUT2D eigenvalue weighted by Gasteiger charge is 2.45. The molecule has 0 saturated carbocycles. The van der Waals surface area contributed by atoms with Crippen LogP contribution in [0.15, 0.2) is 60.9 Å². The Morgan fingerprint density at radius 2 is 1.84 bits per heavy atom. The van der Waals surface area contributed by atoms with E-state index in [9.17, 15) is 9.18 Å². The lowest BCUT2D eigenvalue weighted by Gasteiger charge is -2.39. The molecule has 0 spiro atoms. The summed E-state index contributed by atoms with van der Waals surface area (Å²) in [6.45, 7) is 16.5. The Morgan fingerprint density at radius 3 is 2.60 bits per heavy atom. The number of benzene rings is 2. The van der Waals surface area contributed by atoms with Crippen LogP contribution in [0.25, 0.3) is 37.9 Å². The number of anilines is 1. The van der Waals surface area contributed by atoms with Crippen molar-refractivity contribution in [3.63, 3.8) is 0 Å². The number of amides is 1. The minimum atomic E-state index is -1.02. The highest BCUT2D eigenvalue weighted by atomic mass is 19.1. The van der Waals surface area contributed by atoms with Gasteiger partial charge in [0.25, 0.3) is 5.91 Å². The number of carbonyl (C=O) groups is 1. The van der Waals surface area contributed by atoms with Gasteiger partial charge in [0, 0.05) is 25.2 Å². The molecule has 1 atom stereocenters. The van der Waals surface area contributed by atoms with Gasteiger partial charge in [0.05, 0.1) is 16.6 Å². The van der Waals surface area contributed by atoms with Crippen LogP contribution in [-0.4, -0.2) is 88.1 Å². The summed E-state index contributed by atoms with van der Waals surface area (Å²) in [5, 5.41) is 3.05. The summed E-state index contributed by atoms with van der Waals surface area (Å²) in [4.78, 5) is 36.9. The number of halogens is 1. The quantitative estimate of drug-likeness (QED) is 0.201. The number of hydrogen-bond acceptors (Lipinski definition) is 7. The largest absolute Gasteiger partial charge is 0.461 e. The van der Waals surface area contributed by atoms with Gasteiger partial charge < -0.3 is 19.4 Å². The van der Waals surface area contributed by atoms with Crippen molar-refractivity contribution in [3.05, 3.63) is 77.9 Å². The highest BCUT2D eigenvalue weighted by Crippen LogP contribution is 2.39. The van der Waals surface area contributed by atoms with Gasteiger partial charge in [-0.15, -0.1) is 0 Å². The molecule has 4 aromatic rings. The van der Waals surface area contributed by atoms with Gasteiger partial charge in [0.15, 0.2) is 11.5 Å². The summed E-state index contributed by atoms with van der Waals surface area (Å²) >= 11 is 0. The zero-order valence-corrected chi connectivity index (χ0v) is 25.5. The Labute approximate surface area is 262 Å². The first-order chi connectivity index (χ1) is 21.9. The lowest BCUT2D eigenvalue weighted by Crippen LogP contribution is -2.56. The first kappa shape index (κ1) is 29.1. The Morgan fingerprint density at radius 1 is 1.07 bits per heavy atom. The van der Waals surface area contributed by atoms with E-state index < -0.39 is 17.8 Å². The van der Waals surface area contributed by atoms with E-state index in [-0.39, 0.29) is 24.6 Å². The summed E-state index contributed by atoms with van der Waals surface area (Å²) in [6.07, 6.45) is 4.54. The van der Waals surface area contributed by atoms with Crippen molar-refractivity contribution in [2.24, 2.45) is 0 Å². The van der Waals surface area contributed by atoms with Gasteiger partial charge in [-0.25, -0.2) is 15.9 Å². The van der Waals surface area contributed by atoms with Crippen LogP contribution in [0.5, 0.6) is 6.01 Å². The van der Waals surface area contributed by atoms with Crippen molar-refractivity contribution < 1.29 is 13.9 Å². The second-order valence-corrected chi connectivity index (χ2v) is 12.4. The summed E-state index contributed by atoms with van der Waals surface area (Å²) in [6, 6.07) is 16.3. The van der Waals surface area contributed by atoms with Gasteiger partial charge in [0.2, 0.25) is 6.54 Å². The number of hydrogen-bond donors (Lipinski definition) is 0. The number of pyridine rings is 1. The number of piperazine rings is 1. The molecule has 0 N–H and O–H groups in total.